The number of rotatable bonds is 3. The zero-order chi connectivity index (χ0) is 12.1. The number of allylic oxidation sites excluding steroid dienone is 1. The molecule has 0 spiro atoms. The standard InChI is InChI=1S/C14H12N2O/c15-14-8-4-5-10-16(14)11-9-13(17)12-6-2-1-3-7-12/h1-11,15H/p+1/b11-9+. The van der Waals surface area contributed by atoms with Gasteiger partial charge in [-0.05, 0) is 6.07 Å². The van der Waals surface area contributed by atoms with Crippen molar-refractivity contribution in [2.45, 2.75) is 0 Å². The summed E-state index contributed by atoms with van der Waals surface area (Å²) in [7, 11) is 0. The van der Waals surface area contributed by atoms with E-state index in [-0.39, 0.29) is 5.78 Å². The van der Waals surface area contributed by atoms with E-state index >= 15 is 0 Å². The largest absolute Gasteiger partial charge is 0.289 e. The maximum atomic E-state index is 11.8. The summed E-state index contributed by atoms with van der Waals surface area (Å²) in [5, 5.41) is 0. The number of hydrogen-bond acceptors (Lipinski definition) is 2. The maximum absolute atomic E-state index is 11.8. The van der Waals surface area contributed by atoms with Crippen LogP contribution in [-0.2, 0) is 0 Å². The lowest BCUT2D eigenvalue weighted by Gasteiger charge is -1.95. The first kappa shape index (κ1) is 11.1. The third kappa shape index (κ3) is 2.78. The van der Waals surface area contributed by atoms with Gasteiger partial charge in [-0.25, -0.2) is 4.57 Å². The Labute approximate surface area is 99.8 Å². The van der Waals surface area contributed by atoms with Crippen molar-refractivity contribution >= 4 is 17.8 Å². The number of pyridine rings is 1. The van der Waals surface area contributed by atoms with E-state index < -0.39 is 0 Å². The van der Waals surface area contributed by atoms with Crippen LogP contribution in [0.3, 0.4) is 0 Å². The third-order valence-electron chi connectivity index (χ3n) is 2.37. The monoisotopic (exact) mass is 225 g/mol. The minimum absolute atomic E-state index is 0.0404. The maximum Gasteiger partial charge on any atom is 0.276 e. The summed E-state index contributed by atoms with van der Waals surface area (Å²) in [6, 6.07) is 14.6. The molecular formula is C14H13N2O+. The highest BCUT2D eigenvalue weighted by Crippen LogP contribution is 2.00. The van der Waals surface area contributed by atoms with Crippen molar-refractivity contribution in [3.63, 3.8) is 0 Å². The van der Waals surface area contributed by atoms with Gasteiger partial charge in [0, 0.05) is 17.7 Å². The summed E-state index contributed by atoms with van der Waals surface area (Å²) in [4.78, 5) is 11.8. The molecule has 1 aromatic heterocycles. The van der Waals surface area contributed by atoms with Crippen LogP contribution in [0, 0.1) is 0 Å². The number of ketones is 1. The van der Waals surface area contributed by atoms with Crippen LogP contribution in [0.1, 0.15) is 10.4 Å². The third-order valence-corrected chi connectivity index (χ3v) is 2.37. The summed E-state index contributed by atoms with van der Waals surface area (Å²) in [5.74, 6) is 0.547. The second kappa shape index (κ2) is 5.07. The van der Waals surface area contributed by atoms with E-state index in [1.54, 1.807) is 35.2 Å². The first-order valence-electron chi connectivity index (χ1n) is 5.30. The molecule has 0 amide bonds. The minimum atomic E-state index is -0.0404. The molecule has 2 rings (SSSR count). The minimum Gasteiger partial charge on any atom is -0.289 e. The molecule has 3 heteroatoms. The van der Waals surface area contributed by atoms with Crippen LogP contribution in [0.4, 0.5) is 5.82 Å². The van der Waals surface area contributed by atoms with Gasteiger partial charge in [-0.3, -0.25) is 10.5 Å². The Balaban J connectivity index is 2.17. The van der Waals surface area contributed by atoms with Gasteiger partial charge in [-0.2, -0.15) is 0 Å². The molecule has 0 unspecified atom stereocenters. The van der Waals surface area contributed by atoms with Crippen molar-refractivity contribution < 1.29 is 9.36 Å². The Hall–Kier alpha value is -2.42. The van der Waals surface area contributed by atoms with Crippen LogP contribution in [0.15, 0.2) is 60.8 Å². The second-order valence-corrected chi connectivity index (χ2v) is 3.58. The number of carbonyl (C=O) groups excluding carboxylic acids is 1. The first-order valence-corrected chi connectivity index (χ1v) is 5.30. The van der Waals surface area contributed by atoms with E-state index in [0.717, 1.165) is 0 Å². The van der Waals surface area contributed by atoms with Crippen molar-refractivity contribution in [1.29, 1.82) is 0 Å². The lowest BCUT2D eigenvalue weighted by atomic mass is 10.1. The van der Waals surface area contributed by atoms with Crippen molar-refractivity contribution in [3.8, 4) is 0 Å². The molecule has 0 aliphatic heterocycles. The van der Waals surface area contributed by atoms with Gasteiger partial charge in [-0.1, -0.05) is 36.4 Å². The average molecular weight is 225 g/mol. The van der Waals surface area contributed by atoms with E-state index in [2.05, 4.69) is 0 Å². The van der Waals surface area contributed by atoms with Crippen molar-refractivity contribution in [2.24, 2.45) is 0 Å². The van der Waals surface area contributed by atoms with Crippen LogP contribution in [0.25, 0.3) is 6.20 Å². The van der Waals surface area contributed by atoms with Crippen molar-refractivity contribution in [3.05, 3.63) is 66.4 Å². The number of nitrogens with two attached hydrogens (primary N) is 1. The summed E-state index contributed by atoms with van der Waals surface area (Å²) >= 11 is 0. The quantitative estimate of drug-likeness (QED) is 0.492. The predicted octanol–water partition coefficient (Wildman–Crippen LogP) is 1.91. The molecule has 0 saturated carbocycles. The summed E-state index contributed by atoms with van der Waals surface area (Å²) in [6.07, 6.45) is 4.96. The molecule has 2 N–H and O–H groups in total. The van der Waals surface area contributed by atoms with E-state index in [1.807, 2.05) is 30.3 Å². The summed E-state index contributed by atoms with van der Waals surface area (Å²) < 4.78 is 1.70. The molecule has 3 nitrogen and oxygen atoms in total. The second-order valence-electron chi connectivity index (χ2n) is 3.58. The van der Waals surface area contributed by atoms with Gasteiger partial charge < -0.3 is 0 Å². The lowest BCUT2D eigenvalue weighted by molar-refractivity contribution is -0.552. The molecular weight excluding hydrogens is 212 g/mol. The van der Waals surface area contributed by atoms with E-state index in [9.17, 15) is 4.79 Å². The molecule has 0 aliphatic rings. The number of aromatic nitrogens is 1. The summed E-state index contributed by atoms with van der Waals surface area (Å²) in [6.45, 7) is 0. The molecule has 0 fully saturated rings. The fourth-order valence-corrected chi connectivity index (χ4v) is 1.45. The highest BCUT2D eigenvalue weighted by atomic mass is 16.1. The number of nitrogen functional groups attached to an aromatic ring is 1. The zero-order valence-corrected chi connectivity index (χ0v) is 9.28. The van der Waals surface area contributed by atoms with Gasteiger partial charge in [0.1, 0.15) is 0 Å². The van der Waals surface area contributed by atoms with Crippen LogP contribution < -0.4 is 10.3 Å². The highest BCUT2D eigenvalue weighted by molar-refractivity contribution is 6.05. The van der Waals surface area contributed by atoms with E-state index in [4.69, 9.17) is 5.73 Å². The number of carbonyl (C=O) groups is 1. The van der Waals surface area contributed by atoms with Gasteiger partial charge in [0.05, 0.1) is 12.4 Å². The van der Waals surface area contributed by atoms with Crippen molar-refractivity contribution in [2.75, 3.05) is 5.73 Å². The fraction of sp³-hybridized carbons (Fsp3) is 0. The van der Waals surface area contributed by atoms with Crippen LogP contribution in [-0.4, -0.2) is 5.78 Å². The molecule has 2 aromatic rings. The topological polar surface area (TPSA) is 47.0 Å². The predicted molar refractivity (Wildman–Crippen MR) is 67.2 cm³/mol. The van der Waals surface area contributed by atoms with E-state index in [1.165, 1.54) is 6.08 Å². The fourth-order valence-electron chi connectivity index (χ4n) is 1.45. The molecule has 1 heterocycles. The van der Waals surface area contributed by atoms with Gasteiger partial charge in [-0.15, -0.1) is 0 Å². The lowest BCUT2D eigenvalue weighted by Crippen LogP contribution is -2.29. The number of hydrogen-bond donors (Lipinski definition) is 1. The summed E-state index contributed by atoms with van der Waals surface area (Å²) in [5.41, 5.74) is 6.41. The molecule has 1 aromatic carbocycles. The Morgan fingerprint density at radius 3 is 2.47 bits per heavy atom. The molecule has 0 atom stereocenters. The smallest absolute Gasteiger partial charge is 0.276 e. The van der Waals surface area contributed by atoms with Gasteiger partial charge in [0.25, 0.3) is 5.82 Å². The van der Waals surface area contributed by atoms with Gasteiger partial charge in [0.2, 0.25) is 0 Å². The average Bonchev–Trinajstić information content (AvgIpc) is 2.38. The Morgan fingerprint density at radius 1 is 1.06 bits per heavy atom. The Bertz CT molecular complexity index is 547. The van der Waals surface area contributed by atoms with Crippen molar-refractivity contribution in [1.82, 2.24) is 0 Å². The van der Waals surface area contributed by atoms with Crippen LogP contribution >= 0.6 is 0 Å². The Kier molecular flexibility index (Phi) is 3.31. The normalized spacial score (nSPS) is 10.6. The SMILES string of the molecule is Nc1cccc[n+]1/C=C/C(=O)c1ccccc1. The number of anilines is 1. The molecule has 0 saturated heterocycles. The Morgan fingerprint density at radius 2 is 1.76 bits per heavy atom. The van der Waals surface area contributed by atoms with E-state index in [0.29, 0.717) is 11.4 Å². The highest BCUT2D eigenvalue weighted by Gasteiger charge is 2.02. The van der Waals surface area contributed by atoms with Crippen LogP contribution in [0.2, 0.25) is 0 Å². The molecule has 0 aliphatic carbocycles. The molecule has 0 radical (unpaired) electrons. The molecule has 17 heavy (non-hydrogen) atoms. The molecule has 0 bridgehead atoms. The first-order chi connectivity index (χ1) is 8.27. The number of benzene rings is 1. The zero-order valence-electron chi connectivity index (χ0n) is 9.28. The number of nitrogens with zero attached hydrogens (tertiary/aromatic N) is 1. The van der Waals surface area contributed by atoms with Crippen LogP contribution in [0.5, 0.6) is 0 Å². The van der Waals surface area contributed by atoms with Gasteiger partial charge in [0.15, 0.2) is 5.78 Å². The van der Waals surface area contributed by atoms with Gasteiger partial charge >= 0.3 is 0 Å². The molecule has 84 valence electrons.